The Morgan fingerprint density at radius 3 is 2.95 bits per heavy atom. The maximum absolute atomic E-state index is 5.54. The van der Waals surface area contributed by atoms with Gasteiger partial charge in [-0.2, -0.15) is 0 Å². The van der Waals surface area contributed by atoms with Gasteiger partial charge in [-0.25, -0.2) is 0 Å². The number of fused-ring (bicyclic) bond motifs is 1. The van der Waals surface area contributed by atoms with Gasteiger partial charge in [0.05, 0.1) is 6.61 Å². The molecule has 0 bridgehead atoms. The first-order valence-electron chi connectivity index (χ1n) is 7.23. The monoisotopic (exact) mass is 287 g/mol. The molecule has 0 unspecified atom stereocenters. The Labute approximate surface area is 124 Å². The molecule has 2 nitrogen and oxygen atoms in total. The van der Waals surface area contributed by atoms with E-state index >= 15 is 0 Å². The zero-order valence-corrected chi connectivity index (χ0v) is 13.0. The van der Waals surface area contributed by atoms with Crippen molar-refractivity contribution in [3.05, 3.63) is 50.7 Å². The van der Waals surface area contributed by atoms with Crippen LogP contribution in [0.4, 0.5) is 0 Å². The SMILES string of the molecule is Cc1cc(CNCCc2ccc3c(c2)CCO3)sc1C. The van der Waals surface area contributed by atoms with E-state index in [9.17, 15) is 0 Å². The summed E-state index contributed by atoms with van der Waals surface area (Å²) in [5, 5.41) is 3.54. The molecular weight excluding hydrogens is 266 g/mol. The Kier molecular flexibility index (Phi) is 4.08. The molecule has 0 spiro atoms. The standard InChI is InChI=1S/C17H21NOS/c1-12-9-16(20-13(12)2)11-18-7-5-14-3-4-17-15(10-14)6-8-19-17/h3-4,9-10,18H,5-8,11H2,1-2H3. The van der Waals surface area contributed by atoms with E-state index in [0.717, 1.165) is 38.3 Å². The van der Waals surface area contributed by atoms with Crippen molar-refractivity contribution in [2.45, 2.75) is 33.2 Å². The van der Waals surface area contributed by atoms with Gasteiger partial charge in [-0.1, -0.05) is 12.1 Å². The molecular formula is C17H21NOS. The first kappa shape index (κ1) is 13.7. The summed E-state index contributed by atoms with van der Waals surface area (Å²) in [4.78, 5) is 2.86. The first-order chi connectivity index (χ1) is 9.72. The van der Waals surface area contributed by atoms with Gasteiger partial charge in [0, 0.05) is 22.7 Å². The minimum atomic E-state index is 0.841. The van der Waals surface area contributed by atoms with Crippen LogP contribution in [-0.4, -0.2) is 13.2 Å². The Bertz CT molecular complexity index is 584. The van der Waals surface area contributed by atoms with E-state index in [1.807, 2.05) is 11.3 Å². The summed E-state index contributed by atoms with van der Waals surface area (Å²) < 4.78 is 5.54. The van der Waals surface area contributed by atoms with Crippen molar-refractivity contribution in [1.82, 2.24) is 5.32 Å². The van der Waals surface area contributed by atoms with Crippen LogP contribution in [0.1, 0.15) is 26.4 Å². The number of benzene rings is 1. The number of aryl methyl sites for hydroxylation is 2. The molecule has 3 heteroatoms. The molecule has 3 rings (SSSR count). The van der Waals surface area contributed by atoms with Crippen molar-refractivity contribution in [1.29, 1.82) is 0 Å². The van der Waals surface area contributed by atoms with Crippen LogP contribution in [0, 0.1) is 13.8 Å². The summed E-state index contributed by atoms with van der Waals surface area (Å²) in [7, 11) is 0. The van der Waals surface area contributed by atoms with E-state index in [2.05, 4.69) is 43.4 Å². The minimum absolute atomic E-state index is 0.841. The molecule has 2 aromatic rings. The lowest BCUT2D eigenvalue weighted by molar-refractivity contribution is 0.357. The molecule has 0 saturated carbocycles. The quantitative estimate of drug-likeness (QED) is 0.848. The Balaban J connectivity index is 1.48. The van der Waals surface area contributed by atoms with E-state index in [0.29, 0.717) is 0 Å². The zero-order chi connectivity index (χ0) is 13.9. The Morgan fingerprint density at radius 2 is 2.15 bits per heavy atom. The molecule has 20 heavy (non-hydrogen) atoms. The van der Waals surface area contributed by atoms with Crippen molar-refractivity contribution in [2.75, 3.05) is 13.2 Å². The molecule has 0 fully saturated rings. The lowest BCUT2D eigenvalue weighted by atomic mass is 10.1. The van der Waals surface area contributed by atoms with E-state index in [4.69, 9.17) is 4.74 Å². The number of hydrogen-bond acceptors (Lipinski definition) is 3. The fraction of sp³-hybridized carbons (Fsp3) is 0.412. The van der Waals surface area contributed by atoms with E-state index in [1.165, 1.54) is 26.4 Å². The molecule has 1 N–H and O–H groups in total. The molecule has 1 aromatic carbocycles. The average Bonchev–Trinajstić information content (AvgIpc) is 3.02. The summed E-state index contributed by atoms with van der Waals surface area (Å²) in [6.07, 6.45) is 2.14. The first-order valence-corrected chi connectivity index (χ1v) is 8.05. The number of ether oxygens (including phenoxy) is 1. The van der Waals surface area contributed by atoms with Crippen molar-refractivity contribution in [3.63, 3.8) is 0 Å². The maximum Gasteiger partial charge on any atom is 0.122 e. The molecule has 0 radical (unpaired) electrons. The van der Waals surface area contributed by atoms with Crippen LogP contribution in [0.2, 0.25) is 0 Å². The van der Waals surface area contributed by atoms with Crippen LogP contribution in [0.3, 0.4) is 0 Å². The summed E-state index contributed by atoms with van der Waals surface area (Å²) in [6, 6.07) is 8.89. The molecule has 0 saturated heterocycles. The van der Waals surface area contributed by atoms with Crippen molar-refractivity contribution >= 4 is 11.3 Å². The smallest absolute Gasteiger partial charge is 0.122 e. The number of nitrogens with one attached hydrogen (secondary N) is 1. The van der Waals surface area contributed by atoms with Crippen LogP contribution >= 0.6 is 11.3 Å². The van der Waals surface area contributed by atoms with Crippen LogP contribution in [0.25, 0.3) is 0 Å². The molecule has 0 amide bonds. The second kappa shape index (κ2) is 5.98. The van der Waals surface area contributed by atoms with Gasteiger partial charge in [0.25, 0.3) is 0 Å². The molecule has 0 aliphatic carbocycles. The third-order valence-electron chi connectivity index (χ3n) is 3.86. The predicted molar refractivity (Wildman–Crippen MR) is 84.8 cm³/mol. The fourth-order valence-corrected chi connectivity index (χ4v) is 3.60. The predicted octanol–water partition coefficient (Wildman–Crippen LogP) is 3.63. The summed E-state index contributed by atoms with van der Waals surface area (Å²) in [5.74, 6) is 1.08. The highest BCUT2D eigenvalue weighted by Gasteiger charge is 2.11. The van der Waals surface area contributed by atoms with Crippen LogP contribution in [-0.2, 0) is 19.4 Å². The fourth-order valence-electron chi connectivity index (χ4n) is 2.58. The Hall–Kier alpha value is -1.32. The lowest BCUT2D eigenvalue weighted by Crippen LogP contribution is -2.16. The molecule has 1 aliphatic heterocycles. The van der Waals surface area contributed by atoms with E-state index in [-0.39, 0.29) is 0 Å². The number of thiophene rings is 1. The third kappa shape index (κ3) is 3.05. The molecule has 0 atom stereocenters. The molecule has 1 aliphatic rings. The van der Waals surface area contributed by atoms with Crippen molar-refractivity contribution in [3.8, 4) is 5.75 Å². The topological polar surface area (TPSA) is 21.3 Å². The lowest BCUT2D eigenvalue weighted by Gasteiger charge is -2.05. The molecule has 106 valence electrons. The maximum atomic E-state index is 5.54. The van der Waals surface area contributed by atoms with E-state index < -0.39 is 0 Å². The van der Waals surface area contributed by atoms with Gasteiger partial charge in [-0.3, -0.25) is 0 Å². The zero-order valence-electron chi connectivity index (χ0n) is 12.2. The largest absolute Gasteiger partial charge is 0.493 e. The van der Waals surface area contributed by atoms with Gasteiger partial charge < -0.3 is 10.1 Å². The average molecular weight is 287 g/mol. The second-order valence-electron chi connectivity index (χ2n) is 5.42. The normalized spacial score (nSPS) is 13.3. The van der Waals surface area contributed by atoms with Gasteiger partial charge in [0.15, 0.2) is 0 Å². The van der Waals surface area contributed by atoms with Crippen molar-refractivity contribution in [2.24, 2.45) is 0 Å². The minimum Gasteiger partial charge on any atom is -0.493 e. The summed E-state index contributed by atoms with van der Waals surface area (Å²) in [5.41, 5.74) is 4.18. The van der Waals surface area contributed by atoms with E-state index in [1.54, 1.807) is 0 Å². The summed E-state index contributed by atoms with van der Waals surface area (Å²) in [6.45, 7) is 7.22. The van der Waals surface area contributed by atoms with Gasteiger partial charge in [0.1, 0.15) is 5.75 Å². The summed E-state index contributed by atoms with van der Waals surface area (Å²) >= 11 is 1.90. The highest BCUT2D eigenvalue weighted by Crippen LogP contribution is 2.26. The van der Waals surface area contributed by atoms with Gasteiger partial charge in [-0.15, -0.1) is 11.3 Å². The number of hydrogen-bond donors (Lipinski definition) is 1. The third-order valence-corrected chi connectivity index (χ3v) is 5.01. The molecule has 1 aromatic heterocycles. The van der Waals surface area contributed by atoms with Crippen LogP contribution in [0.5, 0.6) is 5.75 Å². The van der Waals surface area contributed by atoms with Crippen molar-refractivity contribution < 1.29 is 4.74 Å². The number of rotatable bonds is 5. The van der Waals surface area contributed by atoms with Gasteiger partial charge in [0.2, 0.25) is 0 Å². The van der Waals surface area contributed by atoms with Gasteiger partial charge in [-0.05, 0) is 55.6 Å². The highest BCUT2D eigenvalue weighted by molar-refractivity contribution is 7.12. The highest BCUT2D eigenvalue weighted by atomic mass is 32.1. The Morgan fingerprint density at radius 1 is 1.25 bits per heavy atom. The molecule has 2 heterocycles. The van der Waals surface area contributed by atoms with Crippen LogP contribution in [0.15, 0.2) is 24.3 Å². The second-order valence-corrected chi connectivity index (χ2v) is 6.76. The van der Waals surface area contributed by atoms with Crippen LogP contribution < -0.4 is 10.1 Å². The van der Waals surface area contributed by atoms with Gasteiger partial charge >= 0.3 is 0 Å².